The first kappa shape index (κ1) is 21.0. The minimum Gasteiger partial charge on any atom is -0.481 e. The van der Waals surface area contributed by atoms with E-state index in [4.69, 9.17) is 23.0 Å². The fraction of sp³-hybridized carbons (Fsp3) is 0.188. The molecule has 0 radical (unpaired) electrons. The lowest BCUT2D eigenvalue weighted by Crippen LogP contribution is -2.42. The largest absolute Gasteiger partial charge is 0.481 e. The monoisotopic (exact) mass is 374 g/mol. The number of amides is 4. The van der Waals surface area contributed by atoms with Gasteiger partial charge in [-0.3, -0.25) is 19.7 Å². The van der Waals surface area contributed by atoms with E-state index >= 15 is 0 Å². The van der Waals surface area contributed by atoms with Gasteiger partial charge in [0, 0.05) is 5.56 Å². The topological polar surface area (TPSA) is 189 Å². The number of guanidine groups is 1. The van der Waals surface area contributed by atoms with Crippen LogP contribution in [0.2, 0.25) is 0 Å². The van der Waals surface area contributed by atoms with Gasteiger partial charge in [-0.2, -0.15) is 0 Å². The van der Waals surface area contributed by atoms with Gasteiger partial charge in [-0.25, -0.2) is 9.79 Å². The number of nitrogens with one attached hydrogen (secondary N) is 3. The molecule has 1 rings (SSSR count). The fourth-order valence-corrected chi connectivity index (χ4v) is 1.84. The predicted molar refractivity (Wildman–Crippen MR) is 95.8 cm³/mol. The minimum atomic E-state index is -1.16. The van der Waals surface area contributed by atoms with Gasteiger partial charge < -0.3 is 27.2 Å². The number of hydrogen-bond donors (Lipinski definition) is 6. The zero-order valence-electron chi connectivity index (χ0n) is 14.1. The second-order valence-electron chi connectivity index (χ2n) is 5.10. The van der Waals surface area contributed by atoms with Crippen molar-refractivity contribution in [2.45, 2.75) is 12.5 Å². The number of terminal acetylenes is 1. The molecule has 0 aliphatic rings. The first-order chi connectivity index (χ1) is 12.7. The van der Waals surface area contributed by atoms with E-state index in [9.17, 15) is 19.2 Å². The van der Waals surface area contributed by atoms with E-state index < -0.39 is 42.8 Å². The summed E-state index contributed by atoms with van der Waals surface area (Å²) in [6.07, 6.45) is 4.70. The van der Waals surface area contributed by atoms with E-state index in [0.717, 1.165) is 0 Å². The molecule has 0 aliphatic heterocycles. The van der Waals surface area contributed by atoms with E-state index in [0.29, 0.717) is 0 Å². The highest BCUT2D eigenvalue weighted by atomic mass is 16.4. The average Bonchev–Trinajstić information content (AvgIpc) is 2.58. The molecule has 142 valence electrons. The van der Waals surface area contributed by atoms with Crippen molar-refractivity contribution in [1.29, 1.82) is 0 Å². The number of nitrogens with zero attached hydrogens (tertiary/aromatic N) is 1. The van der Waals surface area contributed by atoms with Gasteiger partial charge in [0.05, 0.1) is 18.7 Å². The number of aliphatic imine (C=N–C) groups is 1. The zero-order valence-corrected chi connectivity index (χ0v) is 14.1. The summed E-state index contributed by atoms with van der Waals surface area (Å²) in [4.78, 5) is 49.0. The summed E-state index contributed by atoms with van der Waals surface area (Å²) in [7, 11) is 0. The number of hydrogen-bond acceptors (Lipinski definition) is 5. The highest BCUT2D eigenvalue weighted by Gasteiger charge is 2.14. The molecule has 11 heteroatoms. The van der Waals surface area contributed by atoms with Crippen LogP contribution in [0.3, 0.4) is 0 Å². The zero-order chi connectivity index (χ0) is 20.4. The molecule has 0 fully saturated rings. The van der Waals surface area contributed by atoms with Crippen molar-refractivity contribution in [1.82, 2.24) is 16.0 Å². The third kappa shape index (κ3) is 8.03. The Balaban J connectivity index is 2.66. The maximum absolute atomic E-state index is 12.1. The summed E-state index contributed by atoms with van der Waals surface area (Å²) >= 11 is 0. The van der Waals surface area contributed by atoms with Gasteiger partial charge >= 0.3 is 12.0 Å². The van der Waals surface area contributed by atoms with Crippen molar-refractivity contribution >= 4 is 35.5 Å². The van der Waals surface area contributed by atoms with Gasteiger partial charge in [0.15, 0.2) is 0 Å². The van der Waals surface area contributed by atoms with E-state index in [2.05, 4.69) is 26.9 Å². The number of aliphatic carboxylic acids is 1. The summed E-state index contributed by atoms with van der Waals surface area (Å²) < 4.78 is 0. The lowest BCUT2D eigenvalue weighted by Gasteiger charge is -2.11. The highest BCUT2D eigenvalue weighted by molar-refractivity contribution is 5.98. The van der Waals surface area contributed by atoms with Gasteiger partial charge in [0.25, 0.3) is 5.91 Å². The van der Waals surface area contributed by atoms with Crippen LogP contribution in [0.5, 0.6) is 0 Å². The number of rotatable bonds is 7. The van der Waals surface area contributed by atoms with Crippen LogP contribution in [0.15, 0.2) is 29.3 Å². The van der Waals surface area contributed by atoms with Crippen molar-refractivity contribution in [2.75, 3.05) is 6.54 Å². The molecule has 1 aromatic carbocycles. The lowest BCUT2D eigenvalue weighted by molar-refractivity contribution is -0.137. The maximum atomic E-state index is 12.1. The summed E-state index contributed by atoms with van der Waals surface area (Å²) in [5, 5.41) is 15.4. The standard InChI is InChI=1S/C16H18N6O5/c1-2-10(7-13(24)25)20-12(23)8-19-14(26)9-4-3-5-11(6-9)21-15(17)22-16(18)27/h1,3-6,10H,7-8H2,(H,19,26)(H,20,23)(H,24,25)(H5,17,18,21,22,27)/t10-/m1/s1. The van der Waals surface area contributed by atoms with Crippen molar-refractivity contribution in [2.24, 2.45) is 16.5 Å². The van der Waals surface area contributed by atoms with Crippen molar-refractivity contribution < 1.29 is 24.3 Å². The molecule has 1 atom stereocenters. The third-order valence-electron chi connectivity index (χ3n) is 2.93. The minimum absolute atomic E-state index is 0.176. The molecule has 0 bridgehead atoms. The van der Waals surface area contributed by atoms with Crippen LogP contribution in [-0.4, -0.2) is 47.5 Å². The highest BCUT2D eigenvalue weighted by Crippen LogP contribution is 2.13. The number of primary amides is 1. The number of benzene rings is 1. The van der Waals surface area contributed by atoms with Crippen molar-refractivity contribution in [3.63, 3.8) is 0 Å². The number of carbonyl (C=O) groups is 4. The maximum Gasteiger partial charge on any atom is 0.318 e. The Morgan fingerprint density at radius 1 is 1.26 bits per heavy atom. The molecule has 27 heavy (non-hydrogen) atoms. The Morgan fingerprint density at radius 3 is 2.56 bits per heavy atom. The van der Waals surface area contributed by atoms with Gasteiger partial charge in [0.2, 0.25) is 11.9 Å². The predicted octanol–water partition coefficient (Wildman–Crippen LogP) is -1.38. The molecule has 1 aromatic rings. The molecule has 4 amide bonds. The molecule has 0 unspecified atom stereocenters. The fourth-order valence-electron chi connectivity index (χ4n) is 1.84. The molecule has 11 nitrogen and oxygen atoms in total. The number of urea groups is 1. The average molecular weight is 374 g/mol. The first-order valence-corrected chi connectivity index (χ1v) is 7.47. The molecular formula is C16H18N6O5. The molecule has 0 spiro atoms. The molecule has 0 saturated heterocycles. The van der Waals surface area contributed by atoms with Gasteiger partial charge in [-0.05, 0) is 18.2 Å². The Morgan fingerprint density at radius 2 is 1.96 bits per heavy atom. The van der Waals surface area contributed by atoms with E-state index in [-0.39, 0.29) is 17.2 Å². The molecular weight excluding hydrogens is 356 g/mol. The van der Waals surface area contributed by atoms with E-state index in [1.165, 1.54) is 24.3 Å². The molecule has 8 N–H and O–H groups in total. The van der Waals surface area contributed by atoms with Crippen LogP contribution in [0, 0.1) is 12.3 Å². The summed E-state index contributed by atoms with van der Waals surface area (Å²) in [5.41, 5.74) is 10.8. The Labute approximate surface area is 154 Å². The quantitative estimate of drug-likeness (QED) is 0.194. The Kier molecular flexibility index (Phi) is 7.80. The molecule has 0 heterocycles. The Hall–Kier alpha value is -4.07. The lowest BCUT2D eigenvalue weighted by atomic mass is 10.2. The van der Waals surface area contributed by atoms with Gasteiger partial charge in [-0.1, -0.05) is 12.0 Å². The van der Waals surface area contributed by atoms with Crippen molar-refractivity contribution in [3.05, 3.63) is 29.8 Å². The molecule has 0 aliphatic carbocycles. The number of carboxylic acids is 1. The van der Waals surface area contributed by atoms with Crippen LogP contribution in [0.4, 0.5) is 10.5 Å². The van der Waals surface area contributed by atoms with Crippen LogP contribution in [0.25, 0.3) is 0 Å². The second-order valence-corrected chi connectivity index (χ2v) is 5.10. The summed E-state index contributed by atoms with van der Waals surface area (Å²) in [6, 6.07) is 4.03. The van der Waals surface area contributed by atoms with Crippen LogP contribution in [-0.2, 0) is 9.59 Å². The number of carbonyl (C=O) groups excluding carboxylic acids is 3. The van der Waals surface area contributed by atoms with Gasteiger partial charge in [-0.15, -0.1) is 6.42 Å². The SMILES string of the molecule is C#C[C@H](CC(=O)O)NC(=O)CNC(=O)c1cccc(N=C(N)NC(N)=O)c1. The molecule has 0 saturated carbocycles. The Bertz CT molecular complexity index is 814. The van der Waals surface area contributed by atoms with E-state index in [1.54, 1.807) is 0 Å². The molecule has 0 aromatic heterocycles. The smallest absolute Gasteiger partial charge is 0.318 e. The number of carboxylic acid groups (broad SMARTS) is 1. The van der Waals surface area contributed by atoms with Gasteiger partial charge in [0.1, 0.15) is 6.04 Å². The first-order valence-electron chi connectivity index (χ1n) is 7.47. The van der Waals surface area contributed by atoms with Crippen molar-refractivity contribution in [3.8, 4) is 12.3 Å². The summed E-state index contributed by atoms with van der Waals surface area (Å²) in [5.74, 6) is -0.508. The van der Waals surface area contributed by atoms with E-state index in [1.807, 2.05) is 0 Å². The number of nitrogens with two attached hydrogens (primary N) is 2. The van der Waals surface area contributed by atoms with Crippen LogP contribution in [0.1, 0.15) is 16.8 Å². The van der Waals surface area contributed by atoms with Crippen LogP contribution < -0.4 is 27.4 Å². The second kappa shape index (κ2) is 10.0. The van der Waals surface area contributed by atoms with Crippen LogP contribution >= 0.6 is 0 Å². The third-order valence-corrected chi connectivity index (χ3v) is 2.93. The normalized spacial score (nSPS) is 11.6. The summed E-state index contributed by atoms with van der Waals surface area (Å²) in [6.45, 7) is -0.407.